The summed E-state index contributed by atoms with van der Waals surface area (Å²) in [5.41, 5.74) is 0.105. The summed E-state index contributed by atoms with van der Waals surface area (Å²) >= 11 is 0. The maximum Gasteiger partial charge on any atom is 0.342 e. The van der Waals surface area contributed by atoms with Gasteiger partial charge in [0.25, 0.3) is 11.6 Å². The Morgan fingerprint density at radius 3 is 2.28 bits per heavy atom. The number of nitrogens with zero attached hydrogens (tertiary/aromatic N) is 1. The number of nitro groups is 1. The monoisotopic (exact) mass is 404 g/mol. The van der Waals surface area contributed by atoms with Gasteiger partial charge in [-0.1, -0.05) is 0 Å². The molecule has 1 amide bonds. The first-order valence-corrected chi connectivity index (χ1v) is 8.37. The quantitative estimate of drug-likeness (QED) is 0.404. The van der Waals surface area contributed by atoms with E-state index in [1.807, 2.05) is 0 Å². The van der Waals surface area contributed by atoms with Crippen molar-refractivity contribution in [3.05, 3.63) is 52.1 Å². The molecule has 29 heavy (non-hydrogen) atoms. The summed E-state index contributed by atoms with van der Waals surface area (Å²) in [6, 6.07) is 8.32. The number of benzene rings is 2. The van der Waals surface area contributed by atoms with E-state index in [1.165, 1.54) is 52.5 Å². The minimum atomic E-state index is -1.17. The summed E-state index contributed by atoms with van der Waals surface area (Å²) in [5, 5.41) is 13.4. The van der Waals surface area contributed by atoms with Crippen LogP contribution in [-0.2, 0) is 9.53 Å². The molecule has 1 atom stereocenters. The summed E-state index contributed by atoms with van der Waals surface area (Å²) in [7, 11) is 4.16. The van der Waals surface area contributed by atoms with Gasteiger partial charge in [-0.3, -0.25) is 14.9 Å². The number of nitro benzene ring substituents is 1. The molecule has 0 saturated heterocycles. The largest absolute Gasteiger partial charge is 0.497 e. The Labute approximate surface area is 166 Å². The third kappa shape index (κ3) is 5.12. The van der Waals surface area contributed by atoms with Gasteiger partial charge in [0.2, 0.25) is 0 Å². The van der Waals surface area contributed by atoms with E-state index in [1.54, 1.807) is 12.1 Å². The molecule has 0 aliphatic rings. The molecule has 0 saturated carbocycles. The molecule has 2 aromatic rings. The zero-order valence-electron chi connectivity index (χ0n) is 16.3. The number of hydrogen-bond acceptors (Lipinski definition) is 8. The highest BCUT2D eigenvalue weighted by Crippen LogP contribution is 2.29. The molecule has 0 aliphatic heterocycles. The highest BCUT2D eigenvalue weighted by Gasteiger charge is 2.23. The molecule has 0 heterocycles. The number of methoxy groups -OCH3 is 3. The smallest absolute Gasteiger partial charge is 0.342 e. The first-order chi connectivity index (χ1) is 13.8. The van der Waals surface area contributed by atoms with E-state index in [0.717, 1.165) is 0 Å². The molecule has 0 aliphatic carbocycles. The first-order valence-electron chi connectivity index (χ1n) is 8.37. The molecule has 0 fully saturated rings. The molecule has 0 spiro atoms. The second-order valence-electron chi connectivity index (χ2n) is 5.74. The summed E-state index contributed by atoms with van der Waals surface area (Å²) in [6.07, 6.45) is -1.17. The Morgan fingerprint density at radius 1 is 1.00 bits per heavy atom. The molecule has 2 rings (SSSR count). The highest BCUT2D eigenvalue weighted by molar-refractivity contribution is 5.99. The van der Waals surface area contributed by atoms with Crippen molar-refractivity contribution in [1.82, 2.24) is 0 Å². The van der Waals surface area contributed by atoms with Gasteiger partial charge in [-0.25, -0.2) is 4.79 Å². The maximum atomic E-state index is 12.5. The van der Waals surface area contributed by atoms with Crippen LogP contribution in [0, 0.1) is 10.1 Å². The fourth-order valence-corrected chi connectivity index (χ4v) is 2.38. The fourth-order valence-electron chi connectivity index (χ4n) is 2.38. The molecule has 10 heteroatoms. The first kappa shape index (κ1) is 21.5. The molecule has 1 N–H and O–H groups in total. The van der Waals surface area contributed by atoms with Crippen molar-refractivity contribution >= 4 is 23.3 Å². The van der Waals surface area contributed by atoms with Gasteiger partial charge in [0.1, 0.15) is 22.8 Å². The van der Waals surface area contributed by atoms with Crippen LogP contribution in [0.2, 0.25) is 0 Å². The van der Waals surface area contributed by atoms with E-state index in [9.17, 15) is 19.7 Å². The van der Waals surface area contributed by atoms with Crippen molar-refractivity contribution in [2.75, 3.05) is 26.6 Å². The van der Waals surface area contributed by atoms with Gasteiger partial charge >= 0.3 is 5.97 Å². The van der Waals surface area contributed by atoms with Crippen molar-refractivity contribution in [2.45, 2.75) is 13.0 Å². The standard InChI is InChI=1S/C19H20N2O8/c1-11(29-19(23)14-10-13(26-2)6-8-16(14)27-3)18(22)20-15-7-5-12(21(24)25)9-17(15)28-4/h5-11H,1-4H3,(H,20,22)/t11-/m1/s1. The minimum Gasteiger partial charge on any atom is -0.497 e. The number of hydrogen-bond donors (Lipinski definition) is 1. The van der Waals surface area contributed by atoms with Crippen LogP contribution < -0.4 is 19.5 Å². The summed E-state index contributed by atoms with van der Waals surface area (Å²) in [4.78, 5) is 35.1. The average molecular weight is 404 g/mol. The van der Waals surface area contributed by atoms with E-state index >= 15 is 0 Å². The second kappa shape index (κ2) is 9.40. The lowest BCUT2D eigenvalue weighted by Gasteiger charge is -2.16. The molecule has 154 valence electrons. The lowest BCUT2D eigenvalue weighted by molar-refractivity contribution is -0.384. The predicted octanol–water partition coefficient (Wildman–Crippen LogP) is 2.80. The molecular weight excluding hydrogens is 384 g/mol. The van der Waals surface area contributed by atoms with Gasteiger partial charge in [0.05, 0.1) is 38.0 Å². The van der Waals surface area contributed by atoms with Gasteiger partial charge in [-0.15, -0.1) is 0 Å². The number of esters is 1. The van der Waals surface area contributed by atoms with E-state index in [4.69, 9.17) is 18.9 Å². The molecule has 0 unspecified atom stereocenters. The van der Waals surface area contributed by atoms with E-state index in [-0.39, 0.29) is 28.4 Å². The summed E-state index contributed by atoms with van der Waals surface area (Å²) < 4.78 is 20.5. The number of anilines is 1. The van der Waals surface area contributed by atoms with Crippen LogP contribution in [-0.4, -0.2) is 44.2 Å². The number of non-ortho nitro benzene ring substituents is 1. The Balaban J connectivity index is 2.13. The number of ether oxygens (including phenoxy) is 4. The lowest BCUT2D eigenvalue weighted by atomic mass is 10.2. The highest BCUT2D eigenvalue weighted by atomic mass is 16.6. The van der Waals surface area contributed by atoms with Crippen molar-refractivity contribution in [1.29, 1.82) is 0 Å². The van der Waals surface area contributed by atoms with E-state index < -0.39 is 22.9 Å². The van der Waals surface area contributed by atoms with Crippen LogP contribution in [0.1, 0.15) is 17.3 Å². The Hall–Kier alpha value is -3.82. The maximum absolute atomic E-state index is 12.5. The number of nitrogens with one attached hydrogen (secondary N) is 1. The Bertz CT molecular complexity index is 928. The average Bonchev–Trinajstić information content (AvgIpc) is 2.72. The van der Waals surface area contributed by atoms with E-state index in [2.05, 4.69) is 5.32 Å². The van der Waals surface area contributed by atoms with Crippen LogP contribution in [0.4, 0.5) is 11.4 Å². The van der Waals surface area contributed by atoms with Crippen LogP contribution >= 0.6 is 0 Å². The number of rotatable bonds is 8. The summed E-state index contributed by atoms with van der Waals surface area (Å²) in [6.45, 7) is 1.39. The van der Waals surface area contributed by atoms with Gasteiger partial charge in [0, 0.05) is 6.07 Å². The molecule has 0 bridgehead atoms. The molecule has 0 radical (unpaired) electrons. The van der Waals surface area contributed by atoms with Crippen molar-refractivity contribution in [3.8, 4) is 17.2 Å². The van der Waals surface area contributed by atoms with Crippen molar-refractivity contribution < 1.29 is 33.5 Å². The van der Waals surface area contributed by atoms with Crippen LogP contribution in [0.5, 0.6) is 17.2 Å². The molecule has 2 aromatic carbocycles. The summed E-state index contributed by atoms with van der Waals surface area (Å²) in [5.74, 6) is -0.641. The fraction of sp³-hybridized carbons (Fsp3) is 0.263. The SMILES string of the molecule is COc1ccc(OC)c(C(=O)O[C@H](C)C(=O)Nc2ccc([N+](=O)[O-])cc2OC)c1. The normalized spacial score (nSPS) is 11.2. The van der Waals surface area contributed by atoms with Gasteiger partial charge < -0.3 is 24.3 Å². The lowest BCUT2D eigenvalue weighted by Crippen LogP contribution is -2.30. The van der Waals surface area contributed by atoms with E-state index in [0.29, 0.717) is 5.75 Å². The zero-order valence-corrected chi connectivity index (χ0v) is 16.3. The topological polar surface area (TPSA) is 126 Å². The Kier molecular flexibility index (Phi) is 6.96. The Morgan fingerprint density at radius 2 is 1.69 bits per heavy atom. The number of carbonyl (C=O) groups is 2. The molecular formula is C19H20N2O8. The second-order valence-corrected chi connectivity index (χ2v) is 5.74. The van der Waals surface area contributed by atoms with Crippen molar-refractivity contribution in [2.24, 2.45) is 0 Å². The van der Waals surface area contributed by atoms with Crippen LogP contribution in [0.15, 0.2) is 36.4 Å². The van der Waals surface area contributed by atoms with Gasteiger partial charge in [-0.05, 0) is 31.2 Å². The minimum absolute atomic E-state index is 0.0967. The third-order valence-electron chi connectivity index (χ3n) is 3.93. The third-order valence-corrected chi connectivity index (χ3v) is 3.93. The van der Waals surface area contributed by atoms with Gasteiger partial charge in [0.15, 0.2) is 6.10 Å². The number of carbonyl (C=O) groups excluding carboxylic acids is 2. The molecule has 0 aromatic heterocycles. The zero-order chi connectivity index (χ0) is 21.6. The van der Waals surface area contributed by atoms with Gasteiger partial charge in [-0.2, -0.15) is 0 Å². The van der Waals surface area contributed by atoms with Crippen LogP contribution in [0.3, 0.4) is 0 Å². The predicted molar refractivity (Wildman–Crippen MR) is 103 cm³/mol. The van der Waals surface area contributed by atoms with Crippen molar-refractivity contribution in [3.63, 3.8) is 0 Å². The number of amides is 1. The molecule has 10 nitrogen and oxygen atoms in total. The van der Waals surface area contributed by atoms with Crippen LogP contribution in [0.25, 0.3) is 0 Å².